The molecular formula is C21H30BN3O. The van der Waals surface area contributed by atoms with Crippen molar-refractivity contribution in [2.24, 2.45) is 0 Å². The number of para-hydroxylation sites is 1. The number of carbonyl (C=O) groups is 1. The zero-order valence-electron chi connectivity index (χ0n) is 16.2. The minimum Gasteiger partial charge on any atom is -0.411 e. The highest BCUT2D eigenvalue weighted by atomic mass is 16.2. The first-order chi connectivity index (χ1) is 12.6. The van der Waals surface area contributed by atoms with Gasteiger partial charge in [0.1, 0.15) is 0 Å². The molecule has 1 N–H and O–H groups in total. The van der Waals surface area contributed by atoms with Crippen LogP contribution in [-0.2, 0) is 0 Å². The predicted molar refractivity (Wildman–Crippen MR) is 110 cm³/mol. The Morgan fingerprint density at radius 2 is 1.65 bits per heavy atom. The average Bonchev–Trinajstić information content (AvgIpc) is 2.65. The summed E-state index contributed by atoms with van der Waals surface area (Å²) in [6.45, 7) is 6.54. The smallest absolute Gasteiger partial charge is 0.376 e. The number of unbranched alkanes of at least 4 members (excludes halogenated alkanes) is 2. The number of aryl methyl sites for hydroxylation is 1. The summed E-state index contributed by atoms with van der Waals surface area (Å²) < 4.78 is 2.35. The number of aromatic nitrogens is 1. The van der Waals surface area contributed by atoms with Crippen molar-refractivity contribution >= 4 is 24.0 Å². The van der Waals surface area contributed by atoms with E-state index >= 15 is 0 Å². The molecule has 138 valence electrons. The summed E-state index contributed by atoms with van der Waals surface area (Å²) in [4.78, 5) is 15.3. The average molecular weight is 351 g/mol. The summed E-state index contributed by atoms with van der Waals surface area (Å²) in [5.74, 6) is 0.912. The zero-order valence-corrected chi connectivity index (χ0v) is 16.2. The molecule has 0 fully saturated rings. The number of fused-ring (bicyclic) bond motifs is 1. The van der Waals surface area contributed by atoms with Crippen LogP contribution in [0.2, 0.25) is 12.6 Å². The third-order valence-corrected chi connectivity index (χ3v) is 5.76. The number of carbonyl (C=O) groups excluding carboxylic acids is 1. The van der Waals surface area contributed by atoms with Crippen LogP contribution in [-0.4, -0.2) is 12.4 Å². The third kappa shape index (κ3) is 3.23. The minimum atomic E-state index is -1.22. The molecule has 3 rings (SSSR count). The van der Waals surface area contributed by atoms with Gasteiger partial charge in [-0.2, -0.15) is 5.32 Å². The zero-order chi connectivity index (χ0) is 18.6. The van der Waals surface area contributed by atoms with Crippen molar-refractivity contribution in [1.82, 2.24) is 0 Å². The van der Waals surface area contributed by atoms with Gasteiger partial charge in [-0.15, -0.1) is 12.6 Å². The van der Waals surface area contributed by atoms with Crippen LogP contribution in [0.3, 0.4) is 0 Å². The van der Waals surface area contributed by atoms with Crippen molar-refractivity contribution in [1.29, 1.82) is 0 Å². The number of rotatable bonds is 7. The molecule has 1 aliphatic heterocycles. The predicted octanol–water partition coefficient (Wildman–Crippen LogP) is 5.23. The molecule has 0 saturated heterocycles. The second kappa shape index (κ2) is 7.94. The second-order valence-electron chi connectivity index (χ2n) is 7.50. The first-order valence-electron chi connectivity index (χ1n) is 10.00. The number of hydrogen-bond donors (Lipinski definition) is 1. The topological polar surface area (TPSA) is 36.2 Å². The van der Waals surface area contributed by atoms with Crippen LogP contribution in [0.4, 0.5) is 16.3 Å². The van der Waals surface area contributed by atoms with Gasteiger partial charge in [0.25, 0.3) is 6.42 Å². The summed E-state index contributed by atoms with van der Waals surface area (Å²) in [5.41, 5.74) is 2.17. The van der Waals surface area contributed by atoms with Gasteiger partial charge in [0.15, 0.2) is 0 Å². The Bertz CT molecular complexity index is 769. The summed E-state index contributed by atoms with van der Waals surface area (Å²) in [5, 5.41) is 3.11. The maximum absolute atomic E-state index is 13.3. The van der Waals surface area contributed by atoms with Gasteiger partial charge < -0.3 is 9.29 Å². The maximum Gasteiger partial charge on any atom is 0.376 e. The molecule has 5 heteroatoms. The standard InChI is InChI=1S/C21H30BN3O/c1-4-6-15-22(16-7-5-2)24-17-11-10-14-20(24)23-21(26)25(22)19-13-9-8-12-18(19)3/h8-14,17H,4-7,15-16H2,1-3H3,(H,23,26). The Labute approximate surface area is 157 Å². The van der Waals surface area contributed by atoms with Crippen molar-refractivity contribution in [2.45, 2.75) is 59.1 Å². The van der Waals surface area contributed by atoms with Crippen molar-refractivity contribution in [2.75, 3.05) is 10.1 Å². The normalized spacial score (nSPS) is 15.5. The number of nitrogens with one attached hydrogen (secondary N) is 1. The molecule has 0 saturated carbocycles. The number of pyridine rings is 1. The number of urea groups is 1. The SMILES string of the molecule is CCCC[B-]1(CCCC)N(c2ccccc2C)C(=O)Nc2cccc[n+]21. The van der Waals surface area contributed by atoms with Gasteiger partial charge >= 0.3 is 6.03 Å². The Morgan fingerprint density at radius 1 is 1.00 bits per heavy atom. The highest BCUT2D eigenvalue weighted by Gasteiger charge is 2.47. The Balaban J connectivity index is 2.21. The monoisotopic (exact) mass is 351 g/mol. The lowest BCUT2D eigenvalue weighted by atomic mass is 9.37. The van der Waals surface area contributed by atoms with Gasteiger partial charge in [-0.3, -0.25) is 0 Å². The summed E-state index contributed by atoms with van der Waals surface area (Å²) in [6.07, 6.45) is 7.43. The molecule has 1 aromatic heterocycles. The molecule has 1 aliphatic rings. The largest absolute Gasteiger partial charge is 0.411 e. The van der Waals surface area contributed by atoms with Crippen molar-refractivity contribution < 1.29 is 9.27 Å². The lowest BCUT2D eigenvalue weighted by Crippen LogP contribution is -2.80. The molecule has 0 radical (unpaired) electrons. The molecule has 4 nitrogen and oxygen atoms in total. The number of benzene rings is 1. The van der Waals surface area contributed by atoms with Gasteiger partial charge in [0, 0.05) is 18.0 Å². The molecule has 2 heterocycles. The minimum absolute atomic E-state index is 0.00212. The van der Waals surface area contributed by atoms with E-state index in [-0.39, 0.29) is 6.03 Å². The van der Waals surface area contributed by atoms with Crippen LogP contribution < -0.4 is 14.6 Å². The quantitative estimate of drug-likeness (QED) is 0.682. The van der Waals surface area contributed by atoms with Gasteiger partial charge in [-0.1, -0.05) is 63.8 Å². The van der Waals surface area contributed by atoms with E-state index in [1.165, 1.54) is 0 Å². The van der Waals surface area contributed by atoms with Crippen molar-refractivity contribution in [3.63, 3.8) is 0 Å². The van der Waals surface area contributed by atoms with Crippen LogP contribution in [0.1, 0.15) is 45.1 Å². The molecule has 0 unspecified atom stereocenters. The Hall–Kier alpha value is -2.30. The fourth-order valence-electron chi connectivity index (χ4n) is 4.44. The molecule has 2 amide bonds. The lowest BCUT2D eigenvalue weighted by Gasteiger charge is -2.51. The highest BCUT2D eigenvalue weighted by Crippen LogP contribution is 2.34. The molecule has 0 atom stereocenters. The summed E-state index contributed by atoms with van der Waals surface area (Å²) >= 11 is 0. The number of hydrogen-bond acceptors (Lipinski definition) is 1. The van der Waals surface area contributed by atoms with E-state index in [1.54, 1.807) is 0 Å². The molecule has 2 aromatic rings. The first kappa shape index (κ1) is 18.5. The van der Waals surface area contributed by atoms with Crippen molar-refractivity contribution in [3.8, 4) is 0 Å². The molecule has 0 spiro atoms. The van der Waals surface area contributed by atoms with E-state index in [0.29, 0.717) is 0 Å². The van der Waals surface area contributed by atoms with Crippen LogP contribution in [0.15, 0.2) is 48.7 Å². The number of nitrogens with zero attached hydrogens (tertiary/aromatic N) is 2. The maximum atomic E-state index is 13.3. The molecule has 1 aromatic carbocycles. The summed E-state index contributed by atoms with van der Waals surface area (Å²) in [7, 11) is 0. The van der Waals surface area contributed by atoms with E-state index in [1.807, 2.05) is 24.3 Å². The molecule has 26 heavy (non-hydrogen) atoms. The Morgan fingerprint density at radius 3 is 2.31 bits per heavy atom. The fourth-order valence-corrected chi connectivity index (χ4v) is 4.44. The lowest BCUT2D eigenvalue weighted by molar-refractivity contribution is -0.534. The van der Waals surface area contributed by atoms with Crippen LogP contribution >= 0.6 is 0 Å². The molecular weight excluding hydrogens is 321 g/mol. The van der Waals surface area contributed by atoms with Crippen LogP contribution in [0, 0.1) is 6.92 Å². The van der Waals surface area contributed by atoms with Crippen molar-refractivity contribution in [3.05, 3.63) is 54.2 Å². The van der Waals surface area contributed by atoms with Gasteiger partial charge in [-0.25, -0.2) is 4.79 Å². The van der Waals surface area contributed by atoms with Crippen LogP contribution in [0.5, 0.6) is 0 Å². The third-order valence-electron chi connectivity index (χ3n) is 5.76. The van der Waals surface area contributed by atoms with E-state index in [2.05, 4.69) is 59.8 Å². The fraction of sp³-hybridized carbons (Fsp3) is 0.429. The first-order valence-corrected chi connectivity index (χ1v) is 10.00. The molecule has 0 aliphatic carbocycles. The number of amides is 2. The van der Waals surface area contributed by atoms with Gasteiger partial charge in [-0.05, 0) is 24.6 Å². The van der Waals surface area contributed by atoms with Crippen LogP contribution in [0.25, 0.3) is 0 Å². The second-order valence-corrected chi connectivity index (χ2v) is 7.50. The number of anilines is 2. The van der Waals surface area contributed by atoms with Gasteiger partial charge in [0.2, 0.25) is 5.82 Å². The van der Waals surface area contributed by atoms with E-state index in [4.69, 9.17) is 0 Å². The Kier molecular flexibility index (Phi) is 5.65. The van der Waals surface area contributed by atoms with E-state index in [9.17, 15) is 4.79 Å². The van der Waals surface area contributed by atoms with Gasteiger partial charge in [0.05, 0.1) is 0 Å². The highest BCUT2D eigenvalue weighted by molar-refractivity contribution is 6.80. The molecule has 0 bridgehead atoms. The summed E-state index contributed by atoms with van der Waals surface area (Å²) in [6, 6.07) is 14.3. The van der Waals surface area contributed by atoms with E-state index in [0.717, 1.165) is 55.4 Å². The van der Waals surface area contributed by atoms with E-state index < -0.39 is 6.42 Å².